The van der Waals surface area contributed by atoms with Crippen LogP contribution in [0.5, 0.6) is 0 Å². The van der Waals surface area contributed by atoms with Gasteiger partial charge in [-0.1, -0.05) is 13.8 Å². The van der Waals surface area contributed by atoms with Crippen LogP contribution in [-0.4, -0.2) is 16.3 Å². The highest BCUT2D eigenvalue weighted by atomic mass is 15.3. The van der Waals surface area contributed by atoms with Crippen LogP contribution in [0.2, 0.25) is 0 Å². The topological polar surface area (TPSA) is 53.6 Å². The second-order valence-corrected chi connectivity index (χ2v) is 4.39. The Morgan fingerprint density at radius 2 is 2.40 bits per heavy atom. The minimum atomic E-state index is 0.565. The maximum Gasteiger partial charge on any atom is 0.167 e. The number of nitrogens with one attached hydrogen (secondary N) is 1. The normalized spacial score (nSPS) is 15.1. The Morgan fingerprint density at radius 1 is 1.60 bits per heavy atom. The molecule has 0 unspecified atom stereocenters. The molecule has 2 heterocycles. The van der Waals surface area contributed by atoms with Gasteiger partial charge in [-0.05, 0) is 5.92 Å². The lowest BCUT2D eigenvalue weighted by Gasteiger charge is -2.16. The zero-order valence-electron chi connectivity index (χ0n) is 9.25. The molecule has 0 saturated carbocycles. The lowest BCUT2D eigenvalue weighted by atomic mass is 10.1. The highest BCUT2D eigenvalue weighted by molar-refractivity contribution is 5.36. The third-order valence-electron chi connectivity index (χ3n) is 2.65. The number of fused-ring (bicyclic) bond motifs is 1. The third kappa shape index (κ3) is 1.88. The number of nitriles is 1. The van der Waals surface area contributed by atoms with Crippen molar-refractivity contribution in [2.24, 2.45) is 5.92 Å². The molecule has 0 bridgehead atoms. The summed E-state index contributed by atoms with van der Waals surface area (Å²) in [7, 11) is 0. The predicted molar refractivity (Wildman–Crippen MR) is 57.2 cm³/mol. The van der Waals surface area contributed by atoms with Gasteiger partial charge in [-0.2, -0.15) is 10.4 Å². The lowest BCUT2D eigenvalue weighted by molar-refractivity contribution is 0.460. The van der Waals surface area contributed by atoms with E-state index < -0.39 is 0 Å². The zero-order valence-corrected chi connectivity index (χ0v) is 9.25. The van der Waals surface area contributed by atoms with E-state index in [-0.39, 0.29) is 0 Å². The van der Waals surface area contributed by atoms with Gasteiger partial charge in [0, 0.05) is 37.3 Å². The number of hydrogen-bond acceptors (Lipinski definition) is 3. The Kier molecular flexibility index (Phi) is 2.74. The van der Waals surface area contributed by atoms with Gasteiger partial charge >= 0.3 is 0 Å². The number of nitrogens with zero attached hydrogens (tertiary/aromatic N) is 3. The van der Waals surface area contributed by atoms with Crippen LogP contribution in [-0.2, 0) is 19.5 Å². The molecule has 0 atom stereocenters. The summed E-state index contributed by atoms with van der Waals surface area (Å²) in [6.45, 7) is 7.02. The summed E-state index contributed by atoms with van der Waals surface area (Å²) >= 11 is 0. The van der Waals surface area contributed by atoms with Crippen molar-refractivity contribution in [3.8, 4) is 6.07 Å². The third-order valence-corrected chi connectivity index (χ3v) is 2.65. The Hall–Kier alpha value is -1.34. The van der Waals surface area contributed by atoms with Crippen molar-refractivity contribution in [2.45, 2.75) is 33.4 Å². The molecule has 1 aromatic rings. The Balaban J connectivity index is 2.39. The molecule has 0 amide bonds. The zero-order chi connectivity index (χ0) is 10.8. The monoisotopic (exact) mass is 204 g/mol. The second kappa shape index (κ2) is 4.03. The van der Waals surface area contributed by atoms with Crippen LogP contribution in [0.1, 0.15) is 30.8 Å². The van der Waals surface area contributed by atoms with Crippen LogP contribution < -0.4 is 5.32 Å². The molecule has 0 saturated heterocycles. The van der Waals surface area contributed by atoms with E-state index >= 15 is 0 Å². The molecule has 1 aromatic heterocycles. The standard InChI is InChI=1S/C11H16N4/c1-8(2)7-15-11-3-4-13-6-9(11)10(5-12)14-15/h8,13H,3-4,6-7H2,1-2H3. The summed E-state index contributed by atoms with van der Waals surface area (Å²) in [6.07, 6.45) is 0.983. The molecule has 0 fully saturated rings. The molecule has 1 aliphatic heterocycles. The summed E-state index contributed by atoms with van der Waals surface area (Å²) in [5.74, 6) is 0.565. The molecular weight excluding hydrogens is 188 g/mol. The lowest BCUT2D eigenvalue weighted by Crippen LogP contribution is -2.25. The second-order valence-electron chi connectivity index (χ2n) is 4.39. The van der Waals surface area contributed by atoms with Crippen molar-refractivity contribution < 1.29 is 0 Å². The van der Waals surface area contributed by atoms with Crippen LogP contribution in [0.4, 0.5) is 0 Å². The minimum Gasteiger partial charge on any atom is -0.312 e. The van der Waals surface area contributed by atoms with Crippen molar-refractivity contribution in [2.75, 3.05) is 6.54 Å². The summed E-state index contributed by atoms with van der Waals surface area (Å²) in [4.78, 5) is 0. The SMILES string of the molecule is CC(C)Cn1nc(C#N)c2c1CCNC2. The van der Waals surface area contributed by atoms with Crippen molar-refractivity contribution in [1.82, 2.24) is 15.1 Å². The molecule has 80 valence electrons. The first-order valence-corrected chi connectivity index (χ1v) is 5.41. The molecule has 0 aliphatic carbocycles. The van der Waals surface area contributed by atoms with Gasteiger partial charge < -0.3 is 5.32 Å². The van der Waals surface area contributed by atoms with Crippen LogP contribution in [0.25, 0.3) is 0 Å². The molecule has 4 heteroatoms. The average molecular weight is 204 g/mol. The van der Waals surface area contributed by atoms with Crippen molar-refractivity contribution in [3.63, 3.8) is 0 Å². The fraction of sp³-hybridized carbons (Fsp3) is 0.636. The molecule has 1 N–H and O–H groups in total. The van der Waals surface area contributed by atoms with E-state index in [0.29, 0.717) is 11.6 Å². The van der Waals surface area contributed by atoms with E-state index in [1.54, 1.807) is 0 Å². The number of rotatable bonds is 2. The Bertz CT molecular complexity index is 397. The fourth-order valence-electron chi connectivity index (χ4n) is 2.01. The van der Waals surface area contributed by atoms with E-state index in [1.807, 2.05) is 4.68 Å². The first-order chi connectivity index (χ1) is 7.22. The van der Waals surface area contributed by atoms with Crippen molar-refractivity contribution in [1.29, 1.82) is 5.26 Å². The average Bonchev–Trinajstić information content (AvgIpc) is 2.56. The molecule has 15 heavy (non-hydrogen) atoms. The van der Waals surface area contributed by atoms with Gasteiger partial charge in [0.1, 0.15) is 6.07 Å². The fourth-order valence-corrected chi connectivity index (χ4v) is 2.01. The van der Waals surface area contributed by atoms with Gasteiger partial charge in [0.05, 0.1) is 0 Å². The number of aromatic nitrogens is 2. The maximum absolute atomic E-state index is 8.99. The smallest absolute Gasteiger partial charge is 0.167 e. The summed E-state index contributed by atoms with van der Waals surface area (Å²) in [5, 5.41) is 16.6. The Morgan fingerprint density at radius 3 is 3.07 bits per heavy atom. The van der Waals surface area contributed by atoms with Crippen molar-refractivity contribution in [3.05, 3.63) is 17.0 Å². The van der Waals surface area contributed by atoms with Crippen LogP contribution in [0.3, 0.4) is 0 Å². The van der Waals surface area contributed by atoms with Crippen LogP contribution in [0.15, 0.2) is 0 Å². The van der Waals surface area contributed by atoms with E-state index in [1.165, 1.54) is 5.69 Å². The summed E-state index contributed by atoms with van der Waals surface area (Å²) < 4.78 is 2.01. The van der Waals surface area contributed by atoms with Crippen LogP contribution in [0, 0.1) is 17.2 Å². The van der Waals surface area contributed by atoms with E-state index in [0.717, 1.165) is 31.6 Å². The summed E-state index contributed by atoms with van der Waals surface area (Å²) in [6, 6.07) is 2.18. The minimum absolute atomic E-state index is 0.565. The van der Waals surface area contributed by atoms with Gasteiger partial charge in [0.25, 0.3) is 0 Å². The largest absolute Gasteiger partial charge is 0.312 e. The molecular formula is C11H16N4. The first-order valence-electron chi connectivity index (χ1n) is 5.41. The molecule has 0 aromatic carbocycles. The van der Waals surface area contributed by atoms with Gasteiger partial charge in [0.2, 0.25) is 0 Å². The predicted octanol–water partition coefficient (Wildman–Crippen LogP) is 1.06. The maximum atomic E-state index is 8.99. The Labute approximate surface area is 89.9 Å². The molecule has 0 radical (unpaired) electrons. The molecule has 0 spiro atoms. The van der Waals surface area contributed by atoms with Gasteiger partial charge in [-0.15, -0.1) is 0 Å². The van der Waals surface area contributed by atoms with Gasteiger partial charge in [-0.3, -0.25) is 4.68 Å². The quantitative estimate of drug-likeness (QED) is 0.783. The summed E-state index contributed by atoms with van der Waals surface area (Å²) in [5.41, 5.74) is 2.95. The van der Waals surface area contributed by atoms with Gasteiger partial charge in [0.15, 0.2) is 5.69 Å². The highest BCUT2D eigenvalue weighted by Crippen LogP contribution is 2.18. The van der Waals surface area contributed by atoms with E-state index in [9.17, 15) is 0 Å². The first kappa shape index (κ1) is 10.2. The molecule has 2 rings (SSSR count). The molecule has 4 nitrogen and oxygen atoms in total. The van der Waals surface area contributed by atoms with Crippen LogP contribution >= 0.6 is 0 Å². The van der Waals surface area contributed by atoms with Gasteiger partial charge in [-0.25, -0.2) is 0 Å². The van der Waals surface area contributed by atoms with Crippen molar-refractivity contribution >= 4 is 0 Å². The number of hydrogen-bond donors (Lipinski definition) is 1. The van der Waals surface area contributed by atoms with E-state index in [2.05, 4.69) is 30.3 Å². The highest BCUT2D eigenvalue weighted by Gasteiger charge is 2.20. The van der Waals surface area contributed by atoms with E-state index in [4.69, 9.17) is 5.26 Å². The molecule has 1 aliphatic rings.